The number of hydrogen-bond donors (Lipinski definition) is 2. The number of benzene rings is 2. The van der Waals surface area contributed by atoms with Crippen molar-refractivity contribution >= 4 is 35.1 Å². The van der Waals surface area contributed by atoms with Gasteiger partial charge in [-0.3, -0.25) is 9.59 Å². The Bertz CT molecular complexity index is 1060. The lowest BCUT2D eigenvalue weighted by Gasteiger charge is -2.29. The third-order valence-electron chi connectivity index (χ3n) is 5.90. The molecule has 2 atom stereocenters. The molecule has 0 aromatic heterocycles. The van der Waals surface area contributed by atoms with E-state index in [1.54, 1.807) is 24.3 Å². The Hall–Kier alpha value is -3.26. The molecule has 1 saturated carbocycles. The van der Waals surface area contributed by atoms with Gasteiger partial charge in [-0.15, -0.1) is 0 Å². The number of hydrogen-bond acceptors (Lipinski definition) is 6. The van der Waals surface area contributed by atoms with Crippen LogP contribution in [0.1, 0.15) is 53.3 Å². The molecule has 34 heavy (non-hydrogen) atoms. The van der Waals surface area contributed by atoms with E-state index < -0.39 is 18.5 Å². The van der Waals surface area contributed by atoms with Crippen molar-refractivity contribution < 1.29 is 28.6 Å². The van der Waals surface area contributed by atoms with Gasteiger partial charge in [-0.05, 0) is 30.9 Å². The molecule has 8 nitrogen and oxygen atoms in total. The van der Waals surface area contributed by atoms with Gasteiger partial charge in [0.25, 0.3) is 11.8 Å². The first kappa shape index (κ1) is 25.4. The quantitative estimate of drug-likeness (QED) is 0.532. The predicted octanol–water partition coefficient (Wildman–Crippen LogP) is 4.46. The highest BCUT2D eigenvalue weighted by atomic mass is 35.5. The lowest BCUT2D eigenvalue weighted by molar-refractivity contribution is -0.125. The van der Waals surface area contributed by atoms with E-state index in [4.69, 9.17) is 25.8 Å². The molecule has 9 heteroatoms. The summed E-state index contributed by atoms with van der Waals surface area (Å²) in [6, 6.07) is 9.46. The molecule has 0 bridgehead atoms. The topological polar surface area (TPSA) is 103 Å². The van der Waals surface area contributed by atoms with E-state index in [0.29, 0.717) is 11.7 Å². The van der Waals surface area contributed by atoms with Crippen LogP contribution in [-0.2, 0) is 9.53 Å². The minimum atomic E-state index is -0.790. The molecule has 2 N–H and O–H groups in total. The molecule has 2 amide bonds. The van der Waals surface area contributed by atoms with Crippen molar-refractivity contribution in [3.63, 3.8) is 0 Å². The van der Waals surface area contributed by atoms with Crippen LogP contribution in [0.5, 0.6) is 11.5 Å². The number of anilines is 1. The van der Waals surface area contributed by atoms with Gasteiger partial charge in [0.2, 0.25) is 0 Å². The lowest BCUT2D eigenvalue weighted by atomic mass is 9.86. The van der Waals surface area contributed by atoms with Crippen molar-refractivity contribution in [3.05, 3.63) is 52.5 Å². The molecule has 182 valence electrons. The molecule has 2 unspecified atom stereocenters. The van der Waals surface area contributed by atoms with Crippen LogP contribution in [-0.4, -0.2) is 44.7 Å². The predicted molar refractivity (Wildman–Crippen MR) is 129 cm³/mol. The van der Waals surface area contributed by atoms with Crippen molar-refractivity contribution in [1.82, 2.24) is 5.32 Å². The summed E-state index contributed by atoms with van der Waals surface area (Å²) in [4.78, 5) is 38.1. The van der Waals surface area contributed by atoms with Gasteiger partial charge >= 0.3 is 5.97 Å². The van der Waals surface area contributed by atoms with Crippen molar-refractivity contribution in [1.29, 1.82) is 0 Å². The number of carbonyl (C=O) groups is 3. The molecule has 2 aromatic rings. The van der Waals surface area contributed by atoms with Gasteiger partial charge < -0.3 is 24.8 Å². The summed E-state index contributed by atoms with van der Waals surface area (Å²) < 4.78 is 15.8. The van der Waals surface area contributed by atoms with Crippen LogP contribution in [0.2, 0.25) is 5.02 Å². The van der Waals surface area contributed by atoms with Gasteiger partial charge in [-0.1, -0.05) is 43.5 Å². The zero-order valence-electron chi connectivity index (χ0n) is 19.5. The molecule has 0 spiro atoms. The van der Waals surface area contributed by atoms with E-state index in [0.717, 1.165) is 25.7 Å². The number of carbonyl (C=O) groups excluding carboxylic acids is 3. The first-order valence-corrected chi connectivity index (χ1v) is 11.5. The Morgan fingerprint density at radius 3 is 2.35 bits per heavy atom. The fourth-order valence-electron chi connectivity index (χ4n) is 3.97. The van der Waals surface area contributed by atoms with Crippen LogP contribution in [0.15, 0.2) is 36.4 Å². The number of rotatable bonds is 8. The largest absolute Gasteiger partial charge is 0.493 e. The van der Waals surface area contributed by atoms with E-state index in [-0.39, 0.29) is 39.5 Å². The van der Waals surface area contributed by atoms with Crippen molar-refractivity contribution in [2.45, 2.75) is 38.6 Å². The number of nitrogens with one attached hydrogen (secondary N) is 2. The normalized spacial score (nSPS) is 17.4. The third-order valence-corrected chi connectivity index (χ3v) is 6.23. The molecule has 1 aliphatic carbocycles. The number of amides is 2. The number of halogens is 1. The average molecular weight is 489 g/mol. The summed E-state index contributed by atoms with van der Waals surface area (Å²) in [5.41, 5.74) is 0.380. The Balaban J connectivity index is 1.77. The number of methoxy groups -OCH3 is 2. The maximum Gasteiger partial charge on any atom is 0.340 e. The van der Waals surface area contributed by atoms with Crippen molar-refractivity contribution in [2.75, 3.05) is 26.1 Å². The van der Waals surface area contributed by atoms with E-state index in [9.17, 15) is 14.4 Å². The molecule has 0 aliphatic heterocycles. The fourth-order valence-corrected chi connectivity index (χ4v) is 4.20. The SMILES string of the molecule is COc1cc(NC(=O)c2ccccc2Cl)c(C(=O)OCC(=O)NC2CCCCC2C)cc1OC. The summed E-state index contributed by atoms with van der Waals surface area (Å²) in [7, 11) is 2.86. The summed E-state index contributed by atoms with van der Waals surface area (Å²) >= 11 is 6.13. The van der Waals surface area contributed by atoms with Crippen molar-refractivity contribution in [2.24, 2.45) is 5.92 Å². The molecular weight excluding hydrogens is 460 g/mol. The van der Waals surface area contributed by atoms with E-state index >= 15 is 0 Å². The van der Waals surface area contributed by atoms with Crippen LogP contribution in [0, 0.1) is 5.92 Å². The zero-order chi connectivity index (χ0) is 24.7. The highest BCUT2D eigenvalue weighted by molar-refractivity contribution is 6.34. The first-order chi connectivity index (χ1) is 16.3. The summed E-state index contributed by atoms with van der Waals surface area (Å²) in [5, 5.41) is 5.88. The fraction of sp³-hybridized carbons (Fsp3) is 0.400. The molecule has 1 fully saturated rings. The number of ether oxygens (including phenoxy) is 3. The van der Waals surface area contributed by atoms with Crippen LogP contribution < -0.4 is 20.1 Å². The highest BCUT2D eigenvalue weighted by Gasteiger charge is 2.25. The minimum Gasteiger partial charge on any atom is -0.493 e. The maximum atomic E-state index is 12.9. The van der Waals surface area contributed by atoms with Gasteiger partial charge in [0.15, 0.2) is 18.1 Å². The minimum absolute atomic E-state index is 0.0110. The van der Waals surface area contributed by atoms with Crippen LogP contribution >= 0.6 is 11.6 Å². The molecule has 0 saturated heterocycles. The molecule has 2 aromatic carbocycles. The molecular formula is C25H29ClN2O6. The van der Waals surface area contributed by atoms with Gasteiger partial charge in [0.1, 0.15) is 0 Å². The maximum absolute atomic E-state index is 12.9. The zero-order valence-corrected chi connectivity index (χ0v) is 20.2. The van der Waals surface area contributed by atoms with Crippen LogP contribution in [0.4, 0.5) is 5.69 Å². The summed E-state index contributed by atoms with van der Waals surface area (Å²) in [6.07, 6.45) is 4.19. The first-order valence-electron chi connectivity index (χ1n) is 11.1. The summed E-state index contributed by atoms with van der Waals surface area (Å²) in [6.45, 7) is 1.67. The van der Waals surface area contributed by atoms with Crippen LogP contribution in [0.25, 0.3) is 0 Å². The Kier molecular flexibility index (Phi) is 8.76. The highest BCUT2D eigenvalue weighted by Crippen LogP contribution is 2.34. The van der Waals surface area contributed by atoms with Gasteiger partial charge in [-0.25, -0.2) is 4.79 Å². The average Bonchev–Trinajstić information content (AvgIpc) is 2.83. The second-order valence-corrected chi connectivity index (χ2v) is 8.61. The second kappa shape index (κ2) is 11.7. The lowest BCUT2D eigenvalue weighted by Crippen LogP contribution is -2.42. The third kappa shape index (κ3) is 6.20. The van der Waals surface area contributed by atoms with Crippen molar-refractivity contribution in [3.8, 4) is 11.5 Å². The van der Waals surface area contributed by atoms with Crippen LogP contribution in [0.3, 0.4) is 0 Å². The van der Waals surface area contributed by atoms with Gasteiger partial charge in [0.05, 0.1) is 36.1 Å². The Morgan fingerprint density at radius 2 is 1.68 bits per heavy atom. The Morgan fingerprint density at radius 1 is 1.00 bits per heavy atom. The standard InChI is InChI=1S/C25H29ClN2O6/c1-15-8-4-7-11-19(15)27-23(29)14-34-25(31)17-12-21(32-2)22(33-3)13-20(17)28-24(30)16-9-5-6-10-18(16)26/h5-6,9-10,12-13,15,19H,4,7-8,11,14H2,1-3H3,(H,27,29)(H,28,30). The van der Waals surface area contributed by atoms with Gasteiger partial charge in [-0.2, -0.15) is 0 Å². The molecule has 0 radical (unpaired) electrons. The second-order valence-electron chi connectivity index (χ2n) is 8.20. The molecule has 0 heterocycles. The molecule has 3 rings (SSSR count). The monoisotopic (exact) mass is 488 g/mol. The van der Waals surface area contributed by atoms with Gasteiger partial charge in [0, 0.05) is 18.2 Å². The summed E-state index contributed by atoms with van der Waals surface area (Å²) in [5.74, 6) is -0.721. The van der Waals surface area contributed by atoms with E-state index in [2.05, 4.69) is 17.6 Å². The van der Waals surface area contributed by atoms with E-state index in [1.807, 2.05) is 0 Å². The van der Waals surface area contributed by atoms with E-state index in [1.165, 1.54) is 26.4 Å². The Labute approximate surface area is 203 Å². The number of esters is 1. The molecule has 1 aliphatic rings. The smallest absolute Gasteiger partial charge is 0.340 e.